The molecule has 1 N–H and O–H groups in total. The van der Waals surface area contributed by atoms with Gasteiger partial charge >= 0.3 is 0 Å². The van der Waals surface area contributed by atoms with Gasteiger partial charge in [-0.1, -0.05) is 18.7 Å². The molecule has 0 saturated carbocycles. The third-order valence-corrected chi connectivity index (χ3v) is 6.99. The fraction of sp³-hybridized carbons (Fsp3) is 0.419. The maximum Gasteiger partial charge on any atom is 0.295 e. The van der Waals surface area contributed by atoms with Gasteiger partial charge < -0.3 is 29.0 Å². The second kappa shape index (κ2) is 13.0. The van der Waals surface area contributed by atoms with E-state index in [2.05, 4.69) is 11.5 Å². The summed E-state index contributed by atoms with van der Waals surface area (Å²) in [5, 5.41) is 11.6. The maximum absolute atomic E-state index is 13.5. The first-order valence-electron chi connectivity index (χ1n) is 13.5. The van der Waals surface area contributed by atoms with Crippen LogP contribution in [0.2, 0.25) is 0 Å². The number of Topliss-reactive ketones (excluding diaryl/α,β-unsaturated/α-hetero) is 1. The van der Waals surface area contributed by atoms with E-state index in [1.165, 1.54) is 12.0 Å². The molecule has 2 saturated heterocycles. The van der Waals surface area contributed by atoms with Crippen LogP contribution in [0.5, 0.6) is 17.2 Å². The van der Waals surface area contributed by atoms with E-state index in [9.17, 15) is 14.7 Å². The molecule has 2 aliphatic heterocycles. The van der Waals surface area contributed by atoms with Crippen LogP contribution in [0.3, 0.4) is 0 Å². The smallest absolute Gasteiger partial charge is 0.295 e. The topological polar surface area (TPSA) is 97.8 Å². The highest BCUT2D eigenvalue weighted by molar-refractivity contribution is 6.46. The minimum absolute atomic E-state index is 0.0101. The predicted molar refractivity (Wildman–Crippen MR) is 152 cm³/mol. The largest absolute Gasteiger partial charge is 0.507 e. The van der Waals surface area contributed by atoms with Crippen LogP contribution in [0.4, 0.5) is 0 Å². The summed E-state index contributed by atoms with van der Waals surface area (Å²) in [6.07, 6.45) is 1.62. The van der Waals surface area contributed by atoms with Crippen molar-refractivity contribution in [1.82, 2.24) is 9.80 Å². The van der Waals surface area contributed by atoms with Crippen molar-refractivity contribution in [3.8, 4) is 17.2 Å². The highest BCUT2D eigenvalue weighted by Crippen LogP contribution is 2.42. The summed E-state index contributed by atoms with van der Waals surface area (Å²) in [5.41, 5.74) is 1.85. The number of aliphatic hydroxyl groups excluding tert-OH is 1. The number of morpholine rings is 1. The lowest BCUT2D eigenvalue weighted by Crippen LogP contribution is -2.42. The van der Waals surface area contributed by atoms with Crippen molar-refractivity contribution in [3.05, 3.63) is 71.3 Å². The Kier molecular flexibility index (Phi) is 9.50. The van der Waals surface area contributed by atoms with Crippen LogP contribution in [0.25, 0.3) is 5.76 Å². The van der Waals surface area contributed by atoms with Gasteiger partial charge in [-0.25, -0.2) is 0 Å². The van der Waals surface area contributed by atoms with E-state index in [0.29, 0.717) is 61.3 Å². The van der Waals surface area contributed by atoms with Crippen LogP contribution < -0.4 is 14.2 Å². The molecule has 1 amide bonds. The summed E-state index contributed by atoms with van der Waals surface area (Å²) in [4.78, 5) is 30.7. The third-order valence-electron chi connectivity index (χ3n) is 6.99. The Morgan fingerprint density at radius 2 is 1.88 bits per heavy atom. The Bertz CT molecular complexity index is 1280. The Morgan fingerprint density at radius 3 is 2.52 bits per heavy atom. The van der Waals surface area contributed by atoms with Gasteiger partial charge in [0.15, 0.2) is 11.5 Å². The van der Waals surface area contributed by atoms with Crippen molar-refractivity contribution < 1.29 is 33.6 Å². The minimum atomic E-state index is -0.811. The lowest BCUT2D eigenvalue weighted by Gasteiger charge is -2.31. The zero-order valence-electron chi connectivity index (χ0n) is 23.6. The van der Waals surface area contributed by atoms with Gasteiger partial charge in [-0.05, 0) is 62.2 Å². The van der Waals surface area contributed by atoms with Crippen LogP contribution in [-0.2, 0) is 14.3 Å². The van der Waals surface area contributed by atoms with Gasteiger partial charge in [-0.15, -0.1) is 0 Å². The second-order valence-corrected chi connectivity index (χ2v) is 10.1. The molecule has 4 rings (SSSR count). The summed E-state index contributed by atoms with van der Waals surface area (Å²) in [6.45, 7) is 13.3. The number of ketones is 1. The van der Waals surface area contributed by atoms with Crippen LogP contribution in [0.15, 0.2) is 54.6 Å². The molecule has 214 valence electrons. The standard InChI is InChI=1S/C31H38N2O7/c1-6-15-39-25-10-7-22(19-26(25)37-5)28-27(29(34)24-9-8-23(18-21(24)4)40-20(2)3)30(35)31(36)33(28)12-11-32-13-16-38-17-14-32/h6-10,18-20,28,34H,1,11-17H2,2-5H3/b29-27+. The number of ether oxygens (including phenoxy) is 4. The first kappa shape index (κ1) is 29.2. The summed E-state index contributed by atoms with van der Waals surface area (Å²) in [7, 11) is 1.53. The van der Waals surface area contributed by atoms with Crippen molar-refractivity contribution in [2.24, 2.45) is 0 Å². The molecule has 0 spiro atoms. The van der Waals surface area contributed by atoms with Gasteiger partial charge in [0.1, 0.15) is 18.1 Å². The summed E-state index contributed by atoms with van der Waals surface area (Å²) < 4.78 is 22.5. The zero-order valence-corrected chi connectivity index (χ0v) is 23.6. The lowest BCUT2D eigenvalue weighted by molar-refractivity contribution is -0.140. The lowest BCUT2D eigenvalue weighted by atomic mass is 9.93. The SMILES string of the molecule is C=CCOc1ccc(C2/C(=C(\O)c3ccc(OC(C)C)cc3C)C(=O)C(=O)N2CCN2CCOCC2)cc1OC. The van der Waals surface area contributed by atoms with E-state index < -0.39 is 17.7 Å². The molecule has 9 nitrogen and oxygen atoms in total. The van der Waals surface area contributed by atoms with Crippen LogP contribution in [-0.4, -0.2) is 85.8 Å². The number of amides is 1. The molecule has 2 aliphatic rings. The van der Waals surface area contributed by atoms with Gasteiger partial charge in [0.2, 0.25) is 0 Å². The quantitative estimate of drug-likeness (QED) is 0.193. The normalized spacial score (nSPS) is 19.2. The van der Waals surface area contributed by atoms with E-state index in [1.54, 1.807) is 36.4 Å². The number of likely N-dealkylation sites (tertiary alicyclic amines) is 1. The fourth-order valence-electron chi connectivity index (χ4n) is 5.05. The van der Waals surface area contributed by atoms with E-state index in [-0.39, 0.29) is 17.4 Å². The Balaban J connectivity index is 1.78. The van der Waals surface area contributed by atoms with Crippen LogP contribution in [0, 0.1) is 6.92 Å². The number of carbonyl (C=O) groups is 2. The van der Waals surface area contributed by atoms with Gasteiger partial charge in [0.05, 0.1) is 38.0 Å². The number of aliphatic hydroxyl groups is 1. The summed E-state index contributed by atoms with van der Waals surface area (Å²) >= 11 is 0. The maximum atomic E-state index is 13.5. The molecular formula is C31H38N2O7. The number of hydrogen-bond donors (Lipinski definition) is 1. The molecule has 1 atom stereocenters. The molecular weight excluding hydrogens is 512 g/mol. The average Bonchev–Trinajstić information content (AvgIpc) is 3.19. The molecule has 2 heterocycles. The highest BCUT2D eigenvalue weighted by atomic mass is 16.5. The highest BCUT2D eigenvalue weighted by Gasteiger charge is 2.46. The third kappa shape index (κ3) is 6.32. The molecule has 0 aliphatic carbocycles. The number of aryl methyl sites for hydroxylation is 1. The van der Waals surface area contributed by atoms with E-state index >= 15 is 0 Å². The first-order chi connectivity index (χ1) is 19.2. The number of hydrogen-bond acceptors (Lipinski definition) is 8. The number of methoxy groups -OCH3 is 1. The van der Waals surface area contributed by atoms with Crippen molar-refractivity contribution >= 4 is 17.4 Å². The van der Waals surface area contributed by atoms with Gasteiger partial charge in [-0.2, -0.15) is 0 Å². The van der Waals surface area contributed by atoms with Crippen LogP contribution in [0.1, 0.15) is 36.6 Å². The molecule has 0 bridgehead atoms. The van der Waals surface area contributed by atoms with E-state index in [0.717, 1.165) is 18.7 Å². The summed E-state index contributed by atoms with van der Waals surface area (Å²) in [6, 6.07) is 9.74. The first-order valence-corrected chi connectivity index (χ1v) is 13.5. The minimum Gasteiger partial charge on any atom is -0.507 e. The Labute approximate surface area is 235 Å². The van der Waals surface area contributed by atoms with Gasteiger partial charge in [0.25, 0.3) is 11.7 Å². The Morgan fingerprint density at radius 1 is 1.12 bits per heavy atom. The van der Waals surface area contributed by atoms with Crippen molar-refractivity contribution in [1.29, 1.82) is 0 Å². The average molecular weight is 551 g/mol. The Hall–Kier alpha value is -3.82. The molecule has 0 radical (unpaired) electrons. The number of nitrogens with zero attached hydrogens (tertiary/aromatic N) is 2. The molecule has 1 unspecified atom stereocenters. The summed E-state index contributed by atoms with van der Waals surface area (Å²) in [5.74, 6) is 0.0150. The van der Waals surface area contributed by atoms with Crippen LogP contribution >= 0.6 is 0 Å². The molecule has 2 aromatic carbocycles. The molecule has 2 fully saturated rings. The number of rotatable bonds is 11. The predicted octanol–water partition coefficient (Wildman–Crippen LogP) is 4.11. The molecule has 2 aromatic rings. The monoisotopic (exact) mass is 550 g/mol. The van der Waals surface area contributed by atoms with E-state index in [1.807, 2.05) is 26.8 Å². The molecule has 0 aromatic heterocycles. The van der Waals surface area contributed by atoms with Crippen molar-refractivity contribution in [2.75, 3.05) is 53.1 Å². The second-order valence-electron chi connectivity index (χ2n) is 10.1. The molecule has 40 heavy (non-hydrogen) atoms. The zero-order chi connectivity index (χ0) is 28.8. The van der Waals surface area contributed by atoms with E-state index in [4.69, 9.17) is 18.9 Å². The molecule has 9 heteroatoms. The van der Waals surface area contributed by atoms with Gasteiger partial charge in [-0.3, -0.25) is 14.5 Å². The number of carbonyl (C=O) groups excluding carboxylic acids is 2. The van der Waals surface area contributed by atoms with Crippen molar-refractivity contribution in [3.63, 3.8) is 0 Å². The fourth-order valence-corrected chi connectivity index (χ4v) is 5.05. The van der Waals surface area contributed by atoms with Crippen molar-refractivity contribution in [2.45, 2.75) is 32.9 Å². The number of benzene rings is 2. The van der Waals surface area contributed by atoms with Gasteiger partial charge in [0, 0.05) is 31.7 Å².